The first-order chi connectivity index (χ1) is 14.2. The van der Waals surface area contributed by atoms with Gasteiger partial charge in [0, 0.05) is 32.7 Å². The Morgan fingerprint density at radius 2 is 1.53 bits per heavy atom. The van der Waals surface area contributed by atoms with Gasteiger partial charge in [0.15, 0.2) is 0 Å². The van der Waals surface area contributed by atoms with Crippen LogP contribution in [-0.2, 0) is 24.8 Å². The van der Waals surface area contributed by atoms with Crippen molar-refractivity contribution in [2.24, 2.45) is 11.8 Å². The van der Waals surface area contributed by atoms with E-state index in [2.05, 4.69) is 23.5 Å². The second kappa shape index (κ2) is 10.1. The van der Waals surface area contributed by atoms with Gasteiger partial charge in [-0.25, -0.2) is 21.6 Å². The Balaban J connectivity index is 1.53. The van der Waals surface area contributed by atoms with Crippen molar-refractivity contribution >= 4 is 20.0 Å². The summed E-state index contributed by atoms with van der Waals surface area (Å²) in [5, 5.41) is 0. The molecule has 0 amide bonds. The molecule has 10 heteroatoms. The maximum Gasteiger partial charge on any atom is 0.243 e. The van der Waals surface area contributed by atoms with Crippen LogP contribution in [0.4, 0.5) is 0 Å². The van der Waals surface area contributed by atoms with Crippen LogP contribution in [-0.4, -0.2) is 78.5 Å². The first-order valence-electron chi connectivity index (χ1n) is 10.6. The highest BCUT2D eigenvalue weighted by molar-refractivity contribution is 7.89. The number of benzene rings is 1. The molecule has 2 aliphatic rings. The molecule has 0 aromatic heterocycles. The van der Waals surface area contributed by atoms with Gasteiger partial charge in [-0.05, 0) is 55.5 Å². The Kier molecular flexibility index (Phi) is 7.92. The van der Waals surface area contributed by atoms with Gasteiger partial charge >= 0.3 is 0 Å². The number of nitrogens with one attached hydrogen (secondary N) is 1. The summed E-state index contributed by atoms with van der Waals surface area (Å²) in [5.41, 5.74) is 0. The zero-order valence-electron chi connectivity index (χ0n) is 17.8. The summed E-state index contributed by atoms with van der Waals surface area (Å²) < 4.78 is 59.6. The van der Waals surface area contributed by atoms with E-state index in [0.717, 1.165) is 26.1 Å². The van der Waals surface area contributed by atoms with Crippen molar-refractivity contribution in [1.82, 2.24) is 13.9 Å². The lowest BCUT2D eigenvalue weighted by atomic mass is 9.92. The predicted octanol–water partition coefficient (Wildman–Crippen LogP) is 1.35. The fourth-order valence-corrected chi connectivity index (χ4v) is 6.78. The third kappa shape index (κ3) is 6.02. The van der Waals surface area contributed by atoms with Crippen LogP contribution in [0.2, 0.25) is 0 Å². The van der Waals surface area contributed by atoms with E-state index in [4.69, 9.17) is 4.74 Å². The van der Waals surface area contributed by atoms with Gasteiger partial charge in [-0.3, -0.25) is 0 Å². The SMILES string of the molecule is CC1CC(C)CN(CCCNS(=O)(=O)c2ccc(S(=O)(=O)N3CCOCC3)cc2)C1. The van der Waals surface area contributed by atoms with Crippen LogP contribution < -0.4 is 4.72 Å². The zero-order valence-corrected chi connectivity index (χ0v) is 19.4. The fraction of sp³-hybridized carbons (Fsp3) is 0.700. The van der Waals surface area contributed by atoms with Crippen molar-refractivity contribution < 1.29 is 21.6 Å². The summed E-state index contributed by atoms with van der Waals surface area (Å²) in [4.78, 5) is 2.57. The number of sulfonamides is 2. The number of ether oxygens (including phenoxy) is 1. The zero-order chi connectivity index (χ0) is 21.8. The third-order valence-corrected chi connectivity index (χ3v) is 9.02. The van der Waals surface area contributed by atoms with E-state index >= 15 is 0 Å². The van der Waals surface area contributed by atoms with Gasteiger partial charge in [0.1, 0.15) is 0 Å². The lowest BCUT2D eigenvalue weighted by Gasteiger charge is -2.34. The molecule has 2 heterocycles. The lowest BCUT2D eigenvalue weighted by Crippen LogP contribution is -2.40. The van der Waals surface area contributed by atoms with Gasteiger partial charge in [-0.1, -0.05) is 13.8 Å². The topological polar surface area (TPSA) is 96.0 Å². The second-order valence-electron chi connectivity index (χ2n) is 8.44. The molecule has 3 rings (SSSR count). The Hall–Kier alpha value is -1.04. The largest absolute Gasteiger partial charge is 0.379 e. The monoisotopic (exact) mass is 459 g/mol. The van der Waals surface area contributed by atoms with Gasteiger partial charge in [0.2, 0.25) is 20.0 Å². The van der Waals surface area contributed by atoms with Crippen LogP contribution in [0.25, 0.3) is 0 Å². The van der Waals surface area contributed by atoms with Crippen molar-refractivity contribution in [2.45, 2.75) is 36.5 Å². The average molecular weight is 460 g/mol. The maximum absolute atomic E-state index is 12.7. The summed E-state index contributed by atoms with van der Waals surface area (Å²) in [6.45, 7) is 9.21. The molecule has 2 aliphatic heterocycles. The van der Waals surface area contributed by atoms with Crippen LogP contribution in [0.15, 0.2) is 34.1 Å². The predicted molar refractivity (Wildman–Crippen MR) is 115 cm³/mol. The summed E-state index contributed by atoms with van der Waals surface area (Å²) in [7, 11) is -7.30. The maximum atomic E-state index is 12.7. The molecular weight excluding hydrogens is 426 g/mol. The summed E-state index contributed by atoms with van der Waals surface area (Å²) in [5.74, 6) is 1.36. The van der Waals surface area contributed by atoms with Gasteiger partial charge < -0.3 is 9.64 Å². The van der Waals surface area contributed by atoms with Crippen molar-refractivity contribution in [3.63, 3.8) is 0 Å². The van der Waals surface area contributed by atoms with Crippen molar-refractivity contribution in [3.8, 4) is 0 Å². The minimum atomic E-state index is -3.67. The van der Waals surface area contributed by atoms with E-state index in [1.165, 1.54) is 35.0 Å². The van der Waals surface area contributed by atoms with Crippen molar-refractivity contribution in [1.29, 1.82) is 0 Å². The molecule has 2 atom stereocenters. The van der Waals surface area contributed by atoms with E-state index in [0.29, 0.717) is 44.7 Å². The van der Waals surface area contributed by atoms with Crippen LogP contribution in [0.5, 0.6) is 0 Å². The lowest BCUT2D eigenvalue weighted by molar-refractivity contribution is 0.0730. The van der Waals surface area contributed by atoms with Gasteiger partial charge in [-0.2, -0.15) is 4.31 Å². The molecule has 30 heavy (non-hydrogen) atoms. The van der Waals surface area contributed by atoms with E-state index in [1.807, 2.05) is 0 Å². The third-order valence-electron chi connectivity index (χ3n) is 5.63. The molecule has 2 unspecified atom stereocenters. The Bertz CT molecular complexity index is 887. The number of morpholine rings is 1. The number of hydrogen-bond acceptors (Lipinski definition) is 6. The molecule has 0 radical (unpaired) electrons. The smallest absolute Gasteiger partial charge is 0.243 e. The van der Waals surface area contributed by atoms with Crippen LogP contribution in [0.3, 0.4) is 0 Å². The number of rotatable bonds is 8. The normalized spacial score (nSPS) is 24.7. The molecule has 2 saturated heterocycles. The molecular formula is C20H33N3O5S2. The number of piperidine rings is 1. The number of hydrogen-bond donors (Lipinski definition) is 1. The molecule has 0 spiro atoms. The molecule has 8 nitrogen and oxygen atoms in total. The highest BCUT2D eigenvalue weighted by Crippen LogP contribution is 2.21. The standard InChI is InChI=1S/C20H33N3O5S2/c1-17-14-18(2)16-22(15-17)9-3-8-21-29(24,25)19-4-6-20(7-5-19)30(26,27)23-10-12-28-13-11-23/h4-7,17-18,21H,3,8-16H2,1-2H3. The molecule has 170 valence electrons. The first kappa shape index (κ1) is 23.6. The van der Waals surface area contributed by atoms with E-state index in [1.54, 1.807) is 0 Å². The minimum Gasteiger partial charge on any atom is -0.379 e. The van der Waals surface area contributed by atoms with E-state index in [-0.39, 0.29) is 9.79 Å². The van der Waals surface area contributed by atoms with E-state index in [9.17, 15) is 16.8 Å². The molecule has 1 aromatic rings. The Labute approximate surface area is 180 Å². The highest BCUT2D eigenvalue weighted by atomic mass is 32.2. The number of likely N-dealkylation sites (tertiary alicyclic amines) is 1. The van der Waals surface area contributed by atoms with Crippen LogP contribution in [0, 0.1) is 11.8 Å². The van der Waals surface area contributed by atoms with Crippen molar-refractivity contribution in [2.75, 3.05) is 52.5 Å². The van der Waals surface area contributed by atoms with E-state index < -0.39 is 20.0 Å². The highest BCUT2D eigenvalue weighted by Gasteiger charge is 2.27. The van der Waals surface area contributed by atoms with Crippen LogP contribution >= 0.6 is 0 Å². The molecule has 1 aromatic carbocycles. The molecule has 0 saturated carbocycles. The average Bonchev–Trinajstić information content (AvgIpc) is 2.71. The van der Waals surface area contributed by atoms with Gasteiger partial charge in [-0.15, -0.1) is 0 Å². The Morgan fingerprint density at radius 1 is 0.967 bits per heavy atom. The minimum absolute atomic E-state index is 0.0728. The van der Waals surface area contributed by atoms with Crippen LogP contribution in [0.1, 0.15) is 26.7 Å². The summed E-state index contributed by atoms with van der Waals surface area (Å²) >= 11 is 0. The quantitative estimate of drug-likeness (QED) is 0.590. The fourth-order valence-electron chi connectivity index (χ4n) is 4.29. The van der Waals surface area contributed by atoms with Gasteiger partial charge in [0.25, 0.3) is 0 Å². The molecule has 0 bridgehead atoms. The van der Waals surface area contributed by atoms with Crippen molar-refractivity contribution in [3.05, 3.63) is 24.3 Å². The summed E-state index contributed by atoms with van der Waals surface area (Å²) in [6, 6.07) is 5.42. The first-order valence-corrected chi connectivity index (χ1v) is 13.5. The summed E-state index contributed by atoms with van der Waals surface area (Å²) in [6.07, 6.45) is 1.99. The molecule has 0 aliphatic carbocycles. The van der Waals surface area contributed by atoms with Gasteiger partial charge in [0.05, 0.1) is 23.0 Å². The molecule has 1 N–H and O–H groups in total. The second-order valence-corrected chi connectivity index (χ2v) is 12.1. The number of nitrogens with zero attached hydrogens (tertiary/aromatic N) is 2. The molecule has 2 fully saturated rings. The Morgan fingerprint density at radius 3 is 2.13 bits per heavy atom.